The monoisotopic (exact) mass is 163 g/mol. The summed E-state index contributed by atoms with van der Waals surface area (Å²) >= 11 is 0. The van der Waals surface area contributed by atoms with Crippen molar-refractivity contribution in [1.82, 2.24) is 4.31 Å². The normalized spacial score (nSPS) is 37.6. The average Bonchev–Trinajstić information content (AvgIpc) is 2.03. The summed E-state index contributed by atoms with van der Waals surface area (Å²) in [6.45, 7) is 5.79. The van der Waals surface area contributed by atoms with Crippen LogP contribution < -0.4 is 0 Å². The minimum Gasteiger partial charge on any atom is -0.210 e. The molecule has 0 aromatic heterocycles. The standard InChI is InChI=1S/C6H13NO2S/c1-6(2,3)5-7(4)10(5,8)9/h5H,1-4H3. The molecule has 0 aromatic carbocycles. The van der Waals surface area contributed by atoms with Gasteiger partial charge in [-0.1, -0.05) is 20.8 Å². The Kier molecular flexibility index (Phi) is 1.39. The highest BCUT2D eigenvalue weighted by Gasteiger charge is 2.57. The molecule has 1 fully saturated rings. The predicted octanol–water partition coefficient (Wildman–Crippen LogP) is 0.634. The molecule has 2 atom stereocenters. The van der Waals surface area contributed by atoms with Crippen LogP contribution >= 0.6 is 0 Å². The Labute approximate surface area is 62.1 Å². The molecule has 2 unspecified atom stereocenters. The van der Waals surface area contributed by atoms with Crippen LogP contribution in [0.3, 0.4) is 0 Å². The van der Waals surface area contributed by atoms with Gasteiger partial charge in [-0.05, 0) is 5.41 Å². The molecule has 1 heterocycles. The molecule has 1 saturated heterocycles. The van der Waals surface area contributed by atoms with Gasteiger partial charge in [0, 0.05) is 7.05 Å². The van der Waals surface area contributed by atoms with Crippen molar-refractivity contribution in [3.8, 4) is 0 Å². The van der Waals surface area contributed by atoms with Crippen molar-refractivity contribution in [2.24, 2.45) is 5.41 Å². The molecule has 1 aliphatic heterocycles. The second-order valence-corrected chi connectivity index (χ2v) is 5.83. The van der Waals surface area contributed by atoms with E-state index >= 15 is 0 Å². The molecular formula is C6H13NO2S. The number of hydrogen-bond donors (Lipinski definition) is 0. The SMILES string of the molecule is CN1C(C(C)(C)C)S1(=O)=O. The molecule has 10 heavy (non-hydrogen) atoms. The van der Waals surface area contributed by atoms with Gasteiger partial charge in [-0.3, -0.25) is 0 Å². The summed E-state index contributed by atoms with van der Waals surface area (Å²) in [4.78, 5) is 0. The van der Waals surface area contributed by atoms with Crippen LogP contribution in [0.25, 0.3) is 0 Å². The maximum atomic E-state index is 11.0. The molecule has 0 radical (unpaired) electrons. The topological polar surface area (TPSA) is 37.1 Å². The van der Waals surface area contributed by atoms with Gasteiger partial charge in [0.05, 0.1) is 0 Å². The minimum absolute atomic E-state index is 0.145. The van der Waals surface area contributed by atoms with Gasteiger partial charge in [-0.25, -0.2) is 8.42 Å². The third-order valence-electron chi connectivity index (χ3n) is 1.71. The predicted molar refractivity (Wildman–Crippen MR) is 39.9 cm³/mol. The minimum atomic E-state index is -2.86. The van der Waals surface area contributed by atoms with Crippen LogP contribution in [-0.2, 0) is 10.0 Å². The summed E-state index contributed by atoms with van der Waals surface area (Å²) in [5, 5.41) is -0.264. The van der Waals surface area contributed by atoms with Crippen molar-refractivity contribution in [2.75, 3.05) is 7.05 Å². The molecule has 0 bridgehead atoms. The van der Waals surface area contributed by atoms with Gasteiger partial charge in [0.2, 0.25) is 10.0 Å². The van der Waals surface area contributed by atoms with Gasteiger partial charge < -0.3 is 0 Å². The molecule has 0 aliphatic carbocycles. The van der Waals surface area contributed by atoms with E-state index in [2.05, 4.69) is 0 Å². The highest BCUT2D eigenvalue weighted by molar-refractivity contribution is 7.96. The molecule has 0 saturated carbocycles. The second-order valence-electron chi connectivity index (χ2n) is 3.78. The lowest BCUT2D eigenvalue weighted by atomic mass is 9.97. The van der Waals surface area contributed by atoms with E-state index in [1.807, 2.05) is 20.8 Å². The number of nitrogens with zero attached hydrogens (tertiary/aromatic N) is 1. The van der Waals surface area contributed by atoms with E-state index in [0.717, 1.165) is 0 Å². The Morgan fingerprint density at radius 2 is 1.60 bits per heavy atom. The largest absolute Gasteiger partial charge is 0.232 e. The number of rotatable bonds is 0. The fourth-order valence-electron chi connectivity index (χ4n) is 1.29. The van der Waals surface area contributed by atoms with Gasteiger partial charge >= 0.3 is 0 Å². The van der Waals surface area contributed by atoms with Crippen LogP contribution in [0, 0.1) is 5.41 Å². The summed E-state index contributed by atoms with van der Waals surface area (Å²) in [5.74, 6) is 0. The van der Waals surface area contributed by atoms with Crippen molar-refractivity contribution in [3.05, 3.63) is 0 Å². The van der Waals surface area contributed by atoms with Gasteiger partial charge in [-0.2, -0.15) is 4.31 Å². The van der Waals surface area contributed by atoms with E-state index in [4.69, 9.17) is 0 Å². The molecule has 0 spiro atoms. The van der Waals surface area contributed by atoms with Gasteiger partial charge in [0.25, 0.3) is 0 Å². The molecule has 1 rings (SSSR count). The smallest absolute Gasteiger partial charge is 0.210 e. The lowest BCUT2D eigenvalue weighted by Gasteiger charge is -2.12. The molecule has 60 valence electrons. The van der Waals surface area contributed by atoms with Crippen LogP contribution in [0.5, 0.6) is 0 Å². The first-order chi connectivity index (χ1) is 4.28. The van der Waals surface area contributed by atoms with Gasteiger partial charge in [-0.15, -0.1) is 0 Å². The highest BCUT2D eigenvalue weighted by atomic mass is 32.2. The summed E-state index contributed by atoms with van der Waals surface area (Å²) < 4.78 is 23.4. The third kappa shape index (κ3) is 0.953. The Morgan fingerprint density at radius 3 is 1.60 bits per heavy atom. The van der Waals surface area contributed by atoms with Crippen LogP contribution in [0.1, 0.15) is 20.8 Å². The first-order valence-electron chi connectivity index (χ1n) is 3.25. The number of sulfonamides is 1. The quantitative estimate of drug-likeness (QED) is 0.491. The van der Waals surface area contributed by atoms with Gasteiger partial charge in [0.15, 0.2) is 0 Å². The summed E-state index contributed by atoms with van der Waals surface area (Å²) in [6, 6.07) is 0. The summed E-state index contributed by atoms with van der Waals surface area (Å²) in [5.41, 5.74) is -0.145. The number of hydrogen-bond acceptors (Lipinski definition) is 2. The van der Waals surface area contributed by atoms with E-state index in [0.29, 0.717) is 0 Å². The van der Waals surface area contributed by atoms with E-state index in [-0.39, 0.29) is 10.8 Å². The zero-order valence-electron chi connectivity index (χ0n) is 6.75. The van der Waals surface area contributed by atoms with E-state index in [9.17, 15) is 8.42 Å². The molecule has 4 heteroatoms. The van der Waals surface area contributed by atoms with Crippen molar-refractivity contribution in [2.45, 2.75) is 26.1 Å². The first-order valence-corrected chi connectivity index (χ1v) is 4.75. The van der Waals surface area contributed by atoms with Gasteiger partial charge in [0.1, 0.15) is 5.37 Å². The maximum absolute atomic E-state index is 11.0. The average molecular weight is 163 g/mol. The van der Waals surface area contributed by atoms with Crippen molar-refractivity contribution >= 4 is 10.0 Å². The Balaban J connectivity index is 2.86. The lowest BCUT2D eigenvalue weighted by molar-refractivity contribution is 0.351. The fraction of sp³-hybridized carbons (Fsp3) is 1.00. The zero-order valence-corrected chi connectivity index (χ0v) is 7.57. The molecular weight excluding hydrogens is 150 g/mol. The van der Waals surface area contributed by atoms with Crippen LogP contribution in [0.15, 0.2) is 0 Å². The highest BCUT2D eigenvalue weighted by Crippen LogP contribution is 2.41. The Bertz CT molecular complexity index is 237. The summed E-state index contributed by atoms with van der Waals surface area (Å²) in [6.07, 6.45) is 0. The van der Waals surface area contributed by atoms with Crippen molar-refractivity contribution in [3.63, 3.8) is 0 Å². The molecule has 0 amide bonds. The van der Waals surface area contributed by atoms with E-state index in [1.54, 1.807) is 7.05 Å². The fourth-order valence-corrected chi connectivity index (χ4v) is 3.30. The van der Waals surface area contributed by atoms with E-state index in [1.165, 1.54) is 4.31 Å². The third-order valence-corrected chi connectivity index (χ3v) is 4.09. The van der Waals surface area contributed by atoms with Crippen LogP contribution in [-0.4, -0.2) is 25.1 Å². The molecule has 3 nitrogen and oxygen atoms in total. The first kappa shape index (κ1) is 8.01. The van der Waals surface area contributed by atoms with Crippen LogP contribution in [0.4, 0.5) is 0 Å². The molecule has 0 aromatic rings. The zero-order chi connectivity index (χ0) is 8.15. The summed E-state index contributed by atoms with van der Waals surface area (Å²) in [7, 11) is -1.24. The maximum Gasteiger partial charge on any atom is 0.232 e. The second kappa shape index (κ2) is 1.74. The lowest BCUT2D eigenvalue weighted by Crippen LogP contribution is -2.17. The Hall–Kier alpha value is -0.0900. The van der Waals surface area contributed by atoms with Crippen molar-refractivity contribution < 1.29 is 8.42 Å². The molecule has 1 aliphatic rings. The van der Waals surface area contributed by atoms with E-state index < -0.39 is 10.0 Å². The van der Waals surface area contributed by atoms with Crippen LogP contribution in [0.2, 0.25) is 0 Å². The molecule has 0 N–H and O–H groups in total. The Morgan fingerprint density at radius 1 is 1.30 bits per heavy atom. The van der Waals surface area contributed by atoms with Crippen molar-refractivity contribution in [1.29, 1.82) is 0 Å².